The van der Waals surface area contributed by atoms with Crippen LogP contribution in [0.25, 0.3) is 0 Å². The number of amides is 2. The minimum absolute atomic E-state index is 0.0406. The number of aliphatic hydroxyl groups excluding tert-OH is 1. The summed E-state index contributed by atoms with van der Waals surface area (Å²) in [5.74, 6) is -0.0135. The minimum Gasteiger partial charge on any atom is -0.395 e. The van der Waals surface area contributed by atoms with E-state index in [0.717, 1.165) is 5.56 Å². The highest BCUT2D eigenvalue weighted by Crippen LogP contribution is 2.52. The van der Waals surface area contributed by atoms with Crippen LogP contribution >= 0.6 is 0 Å². The molecule has 4 aliphatic rings. The van der Waals surface area contributed by atoms with E-state index in [1.165, 1.54) is 0 Å². The van der Waals surface area contributed by atoms with Crippen molar-refractivity contribution in [1.29, 1.82) is 0 Å². The van der Waals surface area contributed by atoms with Crippen molar-refractivity contribution in [3.8, 4) is 0 Å². The summed E-state index contributed by atoms with van der Waals surface area (Å²) >= 11 is 0. The van der Waals surface area contributed by atoms with Gasteiger partial charge in [0, 0.05) is 26.2 Å². The molecule has 0 aliphatic carbocycles. The molecule has 7 heteroatoms. The highest BCUT2D eigenvalue weighted by molar-refractivity contribution is 5.87. The van der Waals surface area contributed by atoms with Crippen LogP contribution in [0.2, 0.25) is 0 Å². The highest BCUT2D eigenvalue weighted by atomic mass is 16.5. The molecule has 4 aliphatic heterocycles. The van der Waals surface area contributed by atoms with E-state index in [1.54, 1.807) is 0 Å². The van der Waals surface area contributed by atoms with Crippen molar-refractivity contribution in [1.82, 2.24) is 9.80 Å². The van der Waals surface area contributed by atoms with Crippen LogP contribution in [0.15, 0.2) is 30.3 Å². The van der Waals surface area contributed by atoms with Gasteiger partial charge in [-0.15, -0.1) is 0 Å². The van der Waals surface area contributed by atoms with Gasteiger partial charge in [0.25, 0.3) is 0 Å². The Balaban J connectivity index is 1.44. The SMILES string of the molecule is O=C1C[C@H]2N(C(=O)C3(CO)CCOCC3)CC[C@]23OC[C@@H](c2ccccc2)N13. The lowest BCUT2D eigenvalue weighted by Crippen LogP contribution is -2.54. The molecule has 2 amide bonds. The fourth-order valence-corrected chi connectivity index (χ4v) is 5.52. The molecule has 0 bridgehead atoms. The largest absolute Gasteiger partial charge is 0.395 e. The second kappa shape index (κ2) is 6.54. The molecule has 1 aromatic carbocycles. The molecular weight excluding hydrogens is 360 g/mol. The van der Waals surface area contributed by atoms with Gasteiger partial charge in [-0.3, -0.25) is 9.59 Å². The van der Waals surface area contributed by atoms with Crippen LogP contribution in [-0.4, -0.2) is 71.5 Å². The Kier molecular flexibility index (Phi) is 4.23. The third kappa shape index (κ3) is 2.39. The van der Waals surface area contributed by atoms with Gasteiger partial charge in [-0.05, 0) is 18.4 Å². The summed E-state index contributed by atoms with van der Waals surface area (Å²) < 4.78 is 11.7. The molecule has 4 heterocycles. The molecule has 0 saturated carbocycles. The van der Waals surface area contributed by atoms with Gasteiger partial charge in [0.1, 0.15) is 0 Å². The van der Waals surface area contributed by atoms with Crippen LogP contribution in [0.3, 0.4) is 0 Å². The lowest BCUT2D eigenvalue weighted by atomic mass is 9.79. The van der Waals surface area contributed by atoms with E-state index in [-0.39, 0.29) is 36.9 Å². The first-order chi connectivity index (χ1) is 13.6. The summed E-state index contributed by atoms with van der Waals surface area (Å²) in [6, 6.07) is 9.55. The van der Waals surface area contributed by atoms with E-state index in [9.17, 15) is 14.7 Å². The van der Waals surface area contributed by atoms with Crippen molar-refractivity contribution in [2.45, 2.75) is 43.5 Å². The van der Waals surface area contributed by atoms with Gasteiger partial charge in [0.2, 0.25) is 11.8 Å². The Bertz CT molecular complexity index is 778. The first-order valence-corrected chi connectivity index (χ1v) is 10.1. The van der Waals surface area contributed by atoms with E-state index in [1.807, 2.05) is 40.1 Å². The third-order valence-corrected chi connectivity index (χ3v) is 7.11. The van der Waals surface area contributed by atoms with Gasteiger partial charge in [0.15, 0.2) is 5.72 Å². The smallest absolute Gasteiger partial charge is 0.231 e. The van der Waals surface area contributed by atoms with Crippen LogP contribution in [0.1, 0.15) is 37.3 Å². The van der Waals surface area contributed by atoms with Crippen molar-refractivity contribution < 1.29 is 24.2 Å². The molecule has 150 valence electrons. The Morgan fingerprint density at radius 3 is 2.64 bits per heavy atom. The van der Waals surface area contributed by atoms with Gasteiger partial charge in [-0.2, -0.15) is 0 Å². The Labute approximate surface area is 164 Å². The van der Waals surface area contributed by atoms with Crippen molar-refractivity contribution in [3.05, 3.63) is 35.9 Å². The molecule has 3 atom stereocenters. The molecule has 7 nitrogen and oxygen atoms in total. The van der Waals surface area contributed by atoms with Gasteiger partial charge in [-0.1, -0.05) is 30.3 Å². The Hall–Kier alpha value is -1.96. The van der Waals surface area contributed by atoms with Crippen LogP contribution in [0, 0.1) is 5.41 Å². The van der Waals surface area contributed by atoms with E-state index in [4.69, 9.17) is 9.47 Å². The summed E-state index contributed by atoms with van der Waals surface area (Å²) in [5, 5.41) is 10.0. The number of nitrogens with zero attached hydrogens (tertiary/aromatic N) is 2. The summed E-state index contributed by atoms with van der Waals surface area (Å²) in [6.45, 7) is 1.78. The third-order valence-electron chi connectivity index (χ3n) is 7.11. The molecule has 4 fully saturated rings. The van der Waals surface area contributed by atoms with Crippen LogP contribution in [0.5, 0.6) is 0 Å². The number of likely N-dealkylation sites (tertiary alicyclic amines) is 1. The second-order valence-corrected chi connectivity index (χ2v) is 8.37. The second-order valence-electron chi connectivity index (χ2n) is 8.37. The zero-order valence-electron chi connectivity index (χ0n) is 15.9. The van der Waals surface area contributed by atoms with Crippen molar-refractivity contribution in [2.75, 3.05) is 33.0 Å². The number of carbonyl (C=O) groups excluding carboxylic acids is 2. The van der Waals surface area contributed by atoms with Gasteiger partial charge < -0.3 is 24.4 Å². The van der Waals surface area contributed by atoms with Gasteiger partial charge in [0.05, 0.1) is 37.1 Å². The quantitative estimate of drug-likeness (QED) is 0.841. The highest BCUT2D eigenvalue weighted by Gasteiger charge is 2.66. The number of hydrogen-bond donors (Lipinski definition) is 1. The first kappa shape index (κ1) is 18.1. The van der Waals surface area contributed by atoms with Crippen LogP contribution in [-0.2, 0) is 19.1 Å². The lowest BCUT2D eigenvalue weighted by molar-refractivity contribution is -0.156. The average molecular weight is 386 g/mol. The molecule has 28 heavy (non-hydrogen) atoms. The zero-order valence-corrected chi connectivity index (χ0v) is 15.9. The maximum atomic E-state index is 13.5. The molecular formula is C21H26N2O5. The van der Waals surface area contributed by atoms with Crippen LogP contribution in [0.4, 0.5) is 0 Å². The number of hydrogen-bond acceptors (Lipinski definition) is 5. The number of ether oxygens (including phenoxy) is 2. The molecule has 1 spiro atoms. The zero-order chi connectivity index (χ0) is 19.4. The van der Waals surface area contributed by atoms with E-state index in [0.29, 0.717) is 45.6 Å². The average Bonchev–Trinajstić information content (AvgIpc) is 3.37. The summed E-state index contributed by atoms with van der Waals surface area (Å²) in [4.78, 5) is 30.1. The fourth-order valence-electron chi connectivity index (χ4n) is 5.52. The fraction of sp³-hybridized carbons (Fsp3) is 0.619. The number of aliphatic hydroxyl groups is 1. The Morgan fingerprint density at radius 1 is 1.18 bits per heavy atom. The maximum Gasteiger partial charge on any atom is 0.231 e. The molecule has 0 radical (unpaired) electrons. The molecule has 5 rings (SSSR count). The monoisotopic (exact) mass is 386 g/mol. The number of rotatable bonds is 3. The summed E-state index contributed by atoms with van der Waals surface area (Å²) in [7, 11) is 0. The maximum absolute atomic E-state index is 13.5. The first-order valence-electron chi connectivity index (χ1n) is 10.1. The predicted octanol–water partition coefficient (Wildman–Crippen LogP) is 1.08. The molecule has 1 N–H and O–H groups in total. The van der Waals surface area contributed by atoms with Crippen LogP contribution < -0.4 is 0 Å². The topological polar surface area (TPSA) is 79.3 Å². The van der Waals surface area contributed by atoms with Crippen molar-refractivity contribution in [2.24, 2.45) is 5.41 Å². The predicted molar refractivity (Wildman–Crippen MR) is 99.0 cm³/mol. The summed E-state index contributed by atoms with van der Waals surface area (Å²) in [6.07, 6.45) is 1.94. The van der Waals surface area contributed by atoms with Crippen molar-refractivity contribution in [3.63, 3.8) is 0 Å². The van der Waals surface area contributed by atoms with Crippen molar-refractivity contribution >= 4 is 11.8 Å². The lowest BCUT2D eigenvalue weighted by Gasteiger charge is -2.39. The van der Waals surface area contributed by atoms with E-state index in [2.05, 4.69) is 0 Å². The molecule has 0 aromatic heterocycles. The van der Waals surface area contributed by atoms with Gasteiger partial charge in [-0.25, -0.2) is 0 Å². The number of benzene rings is 1. The van der Waals surface area contributed by atoms with E-state index >= 15 is 0 Å². The standard InChI is InChI=1S/C21H26N2O5/c24-14-20(7-10-27-11-8-20)19(26)22-9-6-21-17(22)12-18(25)23(21)16(13-28-21)15-4-2-1-3-5-15/h1-5,16-17,24H,6-14H2/t16-,17+,21-/m0/s1. The molecule has 1 aromatic rings. The summed E-state index contributed by atoms with van der Waals surface area (Å²) in [5.41, 5.74) is -0.457. The molecule has 0 unspecified atom stereocenters. The minimum atomic E-state index is -0.794. The van der Waals surface area contributed by atoms with Gasteiger partial charge >= 0.3 is 0 Å². The number of carbonyl (C=O) groups is 2. The normalized spacial score (nSPS) is 33.8. The molecule has 4 saturated heterocycles. The van der Waals surface area contributed by atoms with E-state index < -0.39 is 11.1 Å². The Morgan fingerprint density at radius 2 is 1.93 bits per heavy atom.